The van der Waals surface area contributed by atoms with Gasteiger partial charge >= 0.3 is 0 Å². The minimum atomic E-state index is -0.615. The van der Waals surface area contributed by atoms with E-state index in [1.165, 1.54) is 6.20 Å². The number of rotatable bonds is 6. The third kappa shape index (κ3) is 5.04. The van der Waals surface area contributed by atoms with Gasteiger partial charge in [-0.2, -0.15) is 4.98 Å². The predicted octanol–water partition coefficient (Wildman–Crippen LogP) is 1.62. The Morgan fingerprint density at radius 3 is 2.63 bits per heavy atom. The highest BCUT2D eigenvalue weighted by atomic mass is 16.2. The highest BCUT2D eigenvalue weighted by molar-refractivity contribution is 5.98. The maximum Gasteiger partial charge on any atom is 0.254 e. The average molecular weight is 412 g/mol. The fourth-order valence-corrected chi connectivity index (χ4v) is 3.73. The van der Waals surface area contributed by atoms with Crippen LogP contribution in [0.2, 0.25) is 0 Å². The minimum absolute atomic E-state index is 0.0650. The van der Waals surface area contributed by atoms with Crippen molar-refractivity contribution in [3.8, 4) is 0 Å². The summed E-state index contributed by atoms with van der Waals surface area (Å²) >= 11 is 0. The van der Waals surface area contributed by atoms with Gasteiger partial charge in [0, 0.05) is 44.0 Å². The van der Waals surface area contributed by atoms with Gasteiger partial charge in [0.1, 0.15) is 11.4 Å². The summed E-state index contributed by atoms with van der Waals surface area (Å²) in [5.41, 5.74) is 13.9. The number of primary amides is 1. The molecule has 1 fully saturated rings. The Morgan fingerprint density at radius 2 is 2.00 bits per heavy atom. The second kappa shape index (κ2) is 9.08. The first-order valence-electron chi connectivity index (χ1n) is 9.98. The summed E-state index contributed by atoms with van der Waals surface area (Å²) in [5.74, 6) is 0.111. The maximum atomic E-state index is 12.2. The normalized spacial score (nSPS) is 21.0. The van der Waals surface area contributed by atoms with Crippen LogP contribution in [0.4, 0.5) is 17.5 Å². The molecular weight excluding hydrogens is 382 g/mol. The SMILES string of the molecule is Cc1cccc(Nc2nc(NC3CCC(C(=O)N(C)C)CC3N)ncc2C(N)=O)c1. The molecule has 0 aliphatic heterocycles. The van der Waals surface area contributed by atoms with Gasteiger partial charge < -0.3 is 27.0 Å². The molecule has 3 unspecified atom stereocenters. The lowest BCUT2D eigenvalue weighted by atomic mass is 9.82. The molecule has 1 saturated carbocycles. The molecule has 2 aromatic rings. The Labute approximate surface area is 176 Å². The number of nitrogens with one attached hydrogen (secondary N) is 2. The van der Waals surface area contributed by atoms with E-state index in [0.29, 0.717) is 18.2 Å². The zero-order chi connectivity index (χ0) is 21.8. The van der Waals surface area contributed by atoms with Gasteiger partial charge in [0.2, 0.25) is 11.9 Å². The third-order valence-corrected chi connectivity index (χ3v) is 5.34. The summed E-state index contributed by atoms with van der Waals surface area (Å²) in [6.07, 6.45) is 3.48. The van der Waals surface area contributed by atoms with E-state index >= 15 is 0 Å². The number of nitrogens with zero attached hydrogens (tertiary/aromatic N) is 3. The van der Waals surface area contributed by atoms with Crippen LogP contribution in [-0.2, 0) is 4.79 Å². The lowest BCUT2D eigenvalue weighted by molar-refractivity contribution is -0.134. The highest BCUT2D eigenvalue weighted by Gasteiger charge is 2.33. The van der Waals surface area contributed by atoms with Gasteiger partial charge in [0.05, 0.1) is 0 Å². The Morgan fingerprint density at radius 1 is 1.23 bits per heavy atom. The van der Waals surface area contributed by atoms with Gasteiger partial charge in [0.15, 0.2) is 0 Å². The van der Waals surface area contributed by atoms with Crippen LogP contribution in [0, 0.1) is 12.8 Å². The minimum Gasteiger partial charge on any atom is -0.365 e. The van der Waals surface area contributed by atoms with Crippen LogP contribution in [0.15, 0.2) is 30.5 Å². The average Bonchev–Trinajstić information content (AvgIpc) is 2.69. The lowest BCUT2D eigenvalue weighted by Crippen LogP contribution is -2.48. The third-order valence-electron chi connectivity index (χ3n) is 5.34. The van der Waals surface area contributed by atoms with Crippen molar-refractivity contribution in [1.82, 2.24) is 14.9 Å². The van der Waals surface area contributed by atoms with Gasteiger partial charge in [0.25, 0.3) is 5.91 Å². The molecule has 1 aromatic heterocycles. The van der Waals surface area contributed by atoms with E-state index in [1.54, 1.807) is 19.0 Å². The largest absolute Gasteiger partial charge is 0.365 e. The Bertz CT molecular complexity index is 931. The van der Waals surface area contributed by atoms with Crippen molar-refractivity contribution >= 4 is 29.3 Å². The molecule has 1 aliphatic carbocycles. The number of carbonyl (C=O) groups is 2. The number of anilines is 3. The van der Waals surface area contributed by atoms with Crippen LogP contribution < -0.4 is 22.1 Å². The molecule has 1 heterocycles. The highest BCUT2D eigenvalue weighted by Crippen LogP contribution is 2.27. The number of nitrogens with two attached hydrogens (primary N) is 2. The van der Waals surface area contributed by atoms with Crippen molar-refractivity contribution in [1.29, 1.82) is 0 Å². The van der Waals surface area contributed by atoms with E-state index in [0.717, 1.165) is 24.1 Å². The zero-order valence-electron chi connectivity index (χ0n) is 17.6. The summed E-state index contributed by atoms with van der Waals surface area (Å²) in [5, 5.41) is 6.40. The molecule has 30 heavy (non-hydrogen) atoms. The van der Waals surface area contributed by atoms with Gasteiger partial charge in [-0.3, -0.25) is 9.59 Å². The maximum absolute atomic E-state index is 12.2. The number of hydrogen-bond donors (Lipinski definition) is 4. The number of hydrogen-bond acceptors (Lipinski definition) is 7. The quantitative estimate of drug-likeness (QED) is 0.566. The van der Waals surface area contributed by atoms with Crippen LogP contribution in [0.1, 0.15) is 35.2 Å². The van der Waals surface area contributed by atoms with E-state index in [-0.39, 0.29) is 29.5 Å². The molecule has 1 aliphatic rings. The molecular formula is C21H29N7O2. The topological polar surface area (TPSA) is 139 Å². The summed E-state index contributed by atoms with van der Waals surface area (Å²) < 4.78 is 0. The van der Waals surface area contributed by atoms with Crippen molar-refractivity contribution in [2.45, 2.75) is 38.3 Å². The Hall–Kier alpha value is -3.20. The smallest absolute Gasteiger partial charge is 0.254 e. The van der Waals surface area contributed by atoms with Gasteiger partial charge in [-0.25, -0.2) is 4.98 Å². The van der Waals surface area contributed by atoms with Crippen molar-refractivity contribution in [3.63, 3.8) is 0 Å². The number of carbonyl (C=O) groups excluding carboxylic acids is 2. The van der Waals surface area contributed by atoms with Gasteiger partial charge in [-0.1, -0.05) is 12.1 Å². The van der Waals surface area contributed by atoms with Gasteiger partial charge in [-0.15, -0.1) is 0 Å². The molecule has 0 spiro atoms. The van der Waals surface area contributed by atoms with E-state index in [2.05, 4.69) is 20.6 Å². The number of benzene rings is 1. The molecule has 9 heteroatoms. The molecule has 160 valence electrons. The predicted molar refractivity (Wildman–Crippen MR) is 116 cm³/mol. The Balaban J connectivity index is 1.75. The molecule has 2 amide bonds. The molecule has 1 aromatic carbocycles. The second-order valence-electron chi connectivity index (χ2n) is 7.97. The van der Waals surface area contributed by atoms with Crippen LogP contribution >= 0.6 is 0 Å². The summed E-state index contributed by atoms with van der Waals surface area (Å²) in [7, 11) is 3.52. The van der Waals surface area contributed by atoms with Gasteiger partial charge in [-0.05, 0) is 43.9 Å². The van der Waals surface area contributed by atoms with Crippen molar-refractivity contribution in [3.05, 3.63) is 41.6 Å². The Kier molecular flexibility index (Phi) is 6.51. The van der Waals surface area contributed by atoms with Crippen LogP contribution in [0.5, 0.6) is 0 Å². The van der Waals surface area contributed by atoms with E-state index < -0.39 is 5.91 Å². The van der Waals surface area contributed by atoms with Crippen LogP contribution in [0.3, 0.4) is 0 Å². The zero-order valence-corrected chi connectivity index (χ0v) is 17.6. The molecule has 0 bridgehead atoms. The monoisotopic (exact) mass is 411 g/mol. The molecule has 9 nitrogen and oxygen atoms in total. The summed E-state index contributed by atoms with van der Waals surface area (Å²) in [6.45, 7) is 1.98. The van der Waals surface area contributed by atoms with Crippen molar-refractivity contribution in [2.24, 2.45) is 17.4 Å². The first-order valence-corrected chi connectivity index (χ1v) is 9.98. The van der Waals surface area contributed by atoms with Crippen molar-refractivity contribution in [2.75, 3.05) is 24.7 Å². The lowest BCUT2D eigenvalue weighted by Gasteiger charge is -2.34. The molecule has 0 saturated heterocycles. The van der Waals surface area contributed by atoms with Crippen LogP contribution in [-0.4, -0.2) is 52.9 Å². The van der Waals surface area contributed by atoms with E-state index in [1.807, 2.05) is 31.2 Å². The summed E-state index contributed by atoms with van der Waals surface area (Å²) in [6, 6.07) is 7.44. The van der Waals surface area contributed by atoms with Crippen molar-refractivity contribution < 1.29 is 9.59 Å². The molecule has 3 rings (SSSR count). The first-order chi connectivity index (χ1) is 14.2. The first kappa shape index (κ1) is 21.5. The number of amides is 2. The fraction of sp³-hybridized carbons (Fsp3) is 0.429. The second-order valence-corrected chi connectivity index (χ2v) is 7.97. The summed E-state index contributed by atoms with van der Waals surface area (Å²) in [4.78, 5) is 34.4. The van der Waals surface area contributed by atoms with E-state index in [9.17, 15) is 9.59 Å². The van der Waals surface area contributed by atoms with E-state index in [4.69, 9.17) is 11.5 Å². The molecule has 6 N–H and O–H groups in total. The van der Waals surface area contributed by atoms with Crippen LogP contribution in [0.25, 0.3) is 0 Å². The molecule has 3 atom stereocenters. The molecule has 0 radical (unpaired) electrons. The fourth-order valence-electron chi connectivity index (χ4n) is 3.73. The number of aryl methyl sites for hydroxylation is 1. The number of aromatic nitrogens is 2. The standard InChI is InChI=1S/C21H29N7O2/c1-12-5-4-6-14(9-12)25-19-15(18(23)29)11-24-21(27-19)26-17-8-7-13(10-16(17)22)20(30)28(2)3/h4-6,9,11,13,16-17H,7-8,10,22H2,1-3H3,(H2,23,29)(H2,24,25,26,27).